The number of primary amides is 1. The highest BCUT2D eigenvalue weighted by Gasteiger charge is 2.36. The maximum absolute atomic E-state index is 13.4. The monoisotopic (exact) mass is 397 g/mol. The van der Waals surface area contributed by atoms with Crippen LogP contribution in [-0.4, -0.2) is 40.6 Å². The number of halogens is 3. The summed E-state index contributed by atoms with van der Waals surface area (Å²) in [5, 5.41) is 9.12. The minimum atomic E-state index is -4.80. The molecule has 0 saturated heterocycles. The van der Waals surface area contributed by atoms with E-state index < -0.39 is 28.9 Å². The number of hydrogen-bond acceptors (Lipinski definition) is 4. The summed E-state index contributed by atoms with van der Waals surface area (Å²) in [6.45, 7) is 3.84. The lowest BCUT2D eigenvalue weighted by atomic mass is 10.00. The number of alkyl halides is 3. The Morgan fingerprint density at radius 2 is 1.86 bits per heavy atom. The van der Waals surface area contributed by atoms with Gasteiger partial charge in [-0.3, -0.25) is 14.5 Å². The van der Waals surface area contributed by atoms with Gasteiger partial charge < -0.3 is 15.8 Å². The normalized spacial score (nSPS) is 11.8. The zero-order chi connectivity index (χ0) is 20.9. The van der Waals surface area contributed by atoms with Gasteiger partial charge in [0, 0.05) is 18.7 Å². The van der Waals surface area contributed by atoms with E-state index in [9.17, 15) is 22.8 Å². The molecule has 0 fully saturated rings. The fraction of sp³-hybridized carbons (Fsp3) is 0.368. The van der Waals surface area contributed by atoms with Crippen LogP contribution in [0.15, 0.2) is 35.1 Å². The van der Waals surface area contributed by atoms with Crippen molar-refractivity contribution in [1.82, 2.24) is 9.88 Å². The number of aliphatic hydroxyl groups excluding tert-OH is 1. The first-order valence-corrected chi connectivity index (χ1v) is 8.74. The molecule has 0 radical (unpaired) electrons. The molecular weight excluding hydrogens is 375 g/mol. The Bertz CT molecular complexity index is 871. The molecule has 1 aromatic carbocycles. The summed E-state index contributed by atoms with van der Waals surface area (Å²) in [4.78, 5) is 26.8. The summed E-state index contributed by atoms with van der Waals surface area (Å²) < 4.78 is 40.1. The Labute approximate surface area is 159 Å². The molecule has 0 spiro atoms. The van der Waals surface area contributed by atoms with E-state index in [2.05, 4.69) is 0 Å². The quantitative estimate of drug-likeness (QED) is 0.637. The van der Waals surface area contributed by atoms with Gasteiger partial charge in [-0.15, -0.1) is 0 Å². The van der Waals surface area contributed by atoms with Gasteiger partial charge in [-0.1, -0.05) is 31.2 Å². The predicted octanol–water partition coefficient (Wildman–Crippen LogP) is 2.36. The maximum Gasteiger partial charge on any atom is 0.431 e. The van der Waals surface area contributed by atoms with Gasteiger partial charge in [0.05, 0.1) is 6.61 Å². The third-order valence-corrected chi connectivity index (χ3v) is 4.22. The molecule has 0 aliphatic heterocycles. The molecule has 2 aromatic rings. The van der Waals surface area contributed by atoms with Crippen molar-refractivity contribution in [2.75, 3.05) is 19.7 Å². The number of aliphatic hydroxyl groups is 1. The molecule has 0 bridgehead atoms. The van der Waals surface area contributed by atoms with E-state index in [1.54, 1.807) is 17.1 Å². The van der Waals surface area contributed by atoms with Crippen molar-refractivity contribution < 1.29 is 23.1 Å². The molecule has 0 atom stereocenters. The number of benzene rings is 1. The maximum atomic E-state index is 13.4. The van der Waals surface area contributed by atoms with Gasteiger partial charge in [0.15, 0.2) is 0 Å². The number of H-pyrrole nitrogens is 1. The molecule has 0 saturated carbocycles. The number of hydrogen-bond donors (Lipinski definition) is 3. The molecule has 4 N–H and O–H groups in total. The van der Waals surface area contributed by atoms with Crippen LogP contribution in [0.1, 0.15) is 35.0 Å². The summed E-state index contributed by atoms with van der Waals surface area (Å²) in [7, 11) is 0. The summed E-state index contributed by atoms with van der Waals surface area (Å²) in [6.07, 6.45) is -3.90. The Balaban J connectivity index is 2.43. The lowest BCUT2D eigenvalue weighted by Crippen LogP contribution is -2.27. The Morgan fingerprint density at radius 1 is 1.21 bits per heavy atom. The molecule has 9 heteroatoms. The van der Waals surface area contributed by atoms with Crippen molar-refractivity contribution in [3.05, 3.63) is 57.5 Å². The van der Waals surface area contributed by atoms with Crippen molar-refractivity contribution in [2.24, 2.45) is 5.73 Å². The number of nitrogens with two attached hydrogens (primary N) is 1. The molecule has 6 nitrogen and oxygen atoms in total. The van der Waals surface area contributed by atoms with Crippen LogP contribution >= 0.6 is 0 Å². The van der Waals surface area contributed by atoms with Gasteiger partial charge in [0.2, 0.25) is 0 Å². The van der Waals surface area contributed by atoms with Crippen molar-refractivity contribution in [1.29, 1.82) is 0 Å². The van der Waals surface area contributed by atoms with Gasteiger partial charge in [0.25, 0.3) is 11.5 Å². The fourth-order valence-corrected chi connectivity index (χ4v) is 2.94. The molecule has 1 heterocycles. The lowest BCUT2D eigenvalue weighted by Gasteiger charge is -2.20. The van der Waals surface area contributed by atoms with Crippen LogP contribution in [0.2, 0.25) is 0 Å². The van der Waals surface area contributed by atoms with Crippen molar-refractivity contribution in [2.45, 2.75) is 26.1 Å². The summed E-state index contributed by atoms with van der Waals surface area (Å²) in [5.74, 6) is -1.10. The third kappa shape index (κ3) is 5.20. The van der Waals surface area contributed by atoms with E-state index in [0.717, 1.165) is 24.6 Å². The van der Waals surface area contributed by atoms with Crippen LogP contribution in [0.3, 0.4) is 0 Å². The fourth-order valence-electron chi connectivity index (χ4n) is 2.94. The first kappa shape index (κ1) is 21.6. The van der Waals surface area contributed by atoms with Crippen molar-refractivity contribution in [3.63, 3.8) is 0 Å². The molecule has 2 rings (SSSR count). The molecule has 0 aliphatic rings. The highest BCUT2D eigenvalue weighted by molar-refractivity contribution is 5.93. The number of nitrogens with zero attached hydrogens (tertiary/aromatic N) is 1. The predicted molar refractivity (Wildman–Crippen MR) is 98.7 cm³/mol. The molecule has 152 valence electrons. The lowest BCUT2D eigenvalue weighted by molar-refractivity contribution is -0.140. The number of nitrogens with one attached hydrogen (secondary N) is 1. The first-order valence-electron chi connectivity index (χ1n) is 8.74. The second kappa shape index (κ2) is 9.03. The van der Waals surface area contributed by atoms with Gasteiger partial charge in [-0.05, 0) is 30.2 Å². The topological polar surface area (TPSA) is 99.4 Å². The van der Waals surface area contributed by atoms with Crippen molar-refractivity contribution in [3.8, 4) is 11.1 Å². The summed E-state index contributed by atoms with van der Waals surface area (Å²) >= 11 is 0. The Hall–Kier alpha value is -2.65. The number of carbonyl (C=O) groups is 1. The van der Waals surface area contributed by atoms with Crippen LogP contribution in [0.4, 0.5) is 13.2 Å². The molecule has 0 aliphatic carbocycles. The van der Waals surface area contributed by atoms with E-state index in [1.165, 1.54) is 12.1 Å². The van der Waals surface area contributed by atoms with E-state index in [0.29, 0.717) is 13.1 Å². The molecule has 1 amide bonds. The zero-order valence-corrected chi connectivity index (χ0v) is 15.3. The van der Waals surface area contributed by atoms with Crippen LogP contribution in [0, 0.1) is 0 Å². The smallest absolute Gasteiger partial charge is 0.395 e. The minimum absolute atomic E-state index is 0.0142. The van der Waals surface area contributed by atoms with Crippen LogP contribution in [0.5, 0.6) is 0 Å². The average molecular weight is 397 g/mol. The minimum Gasteiger partial charge on any atom is -0.395 e. The number of rotatable bonds is 8. The largest absolute Gasteiger partial charge is 0.431 e. The van der Waals surface area contributed by atoms with Gasteiger partial charge in [0.1, 0.15) is 11.3 Å². The van der Waals surface area contributed by atoms with E-state index >= 15 is 0 Å². The Morgan fingerprint density at radius 3 is 2.36 bits per heavy atom. The first-order chi connectivity index (χ1) is 13.2. The molecule has 1 aromatic heterocycles. The zero-order valence-electron chi connectivity index (χ0n) is 15.3. The van der Waals surface area contributed by atoms with Crippen LogP contribution in [0.25, 0.3) is 11.1 Å². The summed E-state index contributed by atoms with van der Waals surface area (Å²) in [5.41, 5.74) is 2.87. The van der Waals surface area contributed by atoms with Crippen LogP contribution in [-0.2, 0) is 12.7 Å². The Kier molecular flexibility index (Phi) is 6.98. The highest BCUT2D eigenvalue weighted by atomic mass is 19.4. The standard InChI is InChI=1S/C19H22F3N3O3/c1-2-7-25(8-9-26)11-12-3-5-13(6-4-12)14-10-15(17(23)27)18(28)24-16(14)19(20,21)22/h3-6,10,26H,2,7-9,11H2,1H3,(H2,23,27)(H,24,28). The second-order valence-electron chi connectivity index (χ2n) is 6.36. The van der Waals surface area contributed by atoms with Gasteiger partial charge in [-0.25, -0.2) is 0 Å². The van der Waals surface area contributed by atoms with Crippen LogP contribution < -0.4 is 11.3 Å². The number of aromatic nitrogens is 1. The molecular formula is C19H22F3N3O3. The SMILES string of the molecule is CCCN(CCO)Cc1ccc(-c2cc(C(N)=O)c(=O)[nH]c2C(F)(F)F)cc1. The van der Waals surface area contributed by atoms with E-state index in [4.69, 9.17) is 10.8 Å². The molecule has 0 unspecified atom stereocenters. The number of carbonyl (C=O) groups excluding carboxylic acids is 1. The summed E-state index contributed by atoms with van der Waals surface area (Å²) in [6, 6.07) is 7.20. The second-order valence-corrected chi connectivity index (χ2v) is 6.36. The van der Waals surface area contributed by atoms with Crippen molar-refractivity contribution >= 4 is 5.91 Å². The highest BCUT2D eigenvalue weighted by Crippen LogP contribution is 2.35. The number of amides is 1. The third-order valence-electron chi connectivity index (χ3n) is 4.22. The molecule has 28 heavy (non-hydrogen) atoms. The number of pyridine rings is 1. The van der Waals surface area contributed by atoms with E-state index in [1.807, 2.05) is 11.8 Å². The van der Waals surface area contributed by atoms with Gasteiger partial charge >= 0.3 is 6.18 Å². The van der Waals surface area contributed by atoms with E-state index in [-0.39, 0.29) is 17.7 Å². The average Bonchev–Trinajstić information content (AvgIpc) is 2.61. The number of aromatic amines is 1. The van der Waals surface area contributed by atoms with Gasteiger partial charge in [-0.2, -0.15) is 13.2 Å².